The minimum absolute atomic E-state index is 0.113. The second kappa shape index (κ2) is 6.96. The van der Waals surface area contributed by atoms with Crippen LogP contribution in [-0.4, -0.2) is 44.7 Å². The topological polar surface area (TPSA) is 77.0 Å². The number of nitrogens with zero attached hydrogens (tertiary/aromatic N) is 4. The summed E-state index contributed by atoms with van der Waals surface area (Å²) >= 11 is 0. The zero-order valence-electron chi connectivity index (χ0n) is 14.5. The summed E-state index contributed by atoms with van der Waals surface area (Å²) in [6, 6.07) is 10.5. The Morgan fingerprint density at radius 1 is 1.12 bits per heavy atom. The lowest BCUT2D eigenvalue weighted by molar-refractivity contribution is -0.135. The van der Waals surface area contributed by atoms with Crippen LogP contribution in [0.4, 0.5) is 0 Å². The van der Waals surface area contributed by atoms with E-state index in [2.05, 4.69) is 26.9 Å². The summed E-state index contributed by atoms with van der Waals surface area (Å²) in [7, 11) is 0. The average molecular weight is 339 g/mol. The van der Waals surface area contributed by atoms with Crippen molar-refractivity contribution in [2.45, 2.75) is 44.7 Å². The molecule has 1 aliphatic heterocycles. The van der Waals surface area contributed by atoms with E-state index in [1.165, 1.54) is 5.56 Å². The lowest BCUT2D eigenvalue weighted by Crippen LogP contribution is -2.38. The standard InChI is InChI=1S/C19H25N5O/c20-16-7-6-15(13-16)19(25)23-9-8-17-21-22-18(24(17)11-10-23)12-14-4-2-1-3-5-14/h1-5,15-16H,6-13,20H2/t15-,16+/m0/s1. The molecule has 0 spiro atoms. The monoisotopic (exact) mass is 339 g/mol. The van der Waals surface area contributed by atoms with Crippen LogP contribution in [0.2, 0.25) is 0 Å². The van der Waals surface area contributed by atoms with Crippen LogP contribution in [0.15, 0.2) is 30.3 Å². The van der Waals surface area contributed by atoms with Crippen molar-refractivity contribution in [1.29, 1.82) is 0 Å². The number of hydrogen-bond acceptors (Lipinski definition) is 4. The molecule has 25 heavy (non-hydrogen) atoms. The summed E-state index contributed by atoms with van der Waals surface area (Å²) in [5.74, 6) is 2.36. The van der Waals surface area contributed by atoms with Crippen LogP contribution >= 0.6 is 0 Å². The van der Waals surface area contributed by atoms with E-state index in [4.69, 9.17) is 5.73 Å². The number of hydrogen-bond donors (Lipinski definition) is 1. The first kappa shape index (κ1) is 16.3. The second-order valence-electron chi connectivity index (χ2n) is 7.19. The van der Waals surface area contributed by atoms with E-state index in [1.54, 1.807) is 0 Å². The van der Waals surface area contributed by atoms with Crippen molar-refractivity contribution in [2.75, 3.05) is 13.1 Å². The number of benzene rings is 1. The molecular weight excluding hydrogens is 314 g/mol. The zero-order chi connectivity index (χ0) is 17.2. The SMILES string of the molecule is N[C@@H]1CC[C@H](C(=O)N2CCc3nnc(Cc4ccccc4)n3CC2)C1. The molecular formula is C19H25N5O. The molecule has 1 amide bonds. The molecule has 1 aliphatic carbocycles. The van der Waals surface area contributed by atoms with E-state index in [0.29, 0.717) is 0 Å². The quantitative estimate of drug-likeness (QED) is 0.916. The van der Waals surface area contributed by atoms with Crippen LogP contribution in [0.5, 0.6) is 0 Å². The zero-order valence-corrected chi connectivity index (χ0v) is 14.5. The Morgan fingerprint density at radius 2 is 1.96 bits per heavy atom. The first-order valence-electron chi connectivity index (χ1n) is 9.20. The van der Waals surface area contributed by atoms with Gasteiger partial charge in [-0.1, -0.05) is 30.3 Å². The maximum Gasteiger partial charge on any atom is 0.225 e. The summed E-state index contributed by atoms with van der Waals surface area (Å²) in [6.45, 7) is 2.24. The first-order valence-corrected chi connectivity index (χ1v) is 9.20. The van der Waals surface area contributed by atoms with E-state index < -0.39 is 0 Å². The minimum atomic E-state index is 0.113. The maximum absolute atomic E-state index is 12.8. The molecule has 6 nitrogen and oxygen atoms in total. The highest BCUT2D eigenvalue weighted by Gasteiger charge is 2.32. The van der Waals surface area contributed by atoms with Gasteiger partial charge in [-0.15, -0.1) is 10.2 Å². The number of rotatable bonds is 3. The van der Waals surface area contributed by atoms with Gasteiger partial charge in [0.25, 0.3) is 0 Å². The maximum atomic E-state index is 12.8. The Bertz CT molecular complexity index is 742. The van der Waals surface area contributed by atoms with E-state index in [0.717, 1.165) is 63.4 Å². The van der Waals surface area contributed by atoms with Gasteiger partial charge in [0.1, 0.15) is 11.6 Å². The van der Waals surface area contributed by atoms with Crippen molar-refractivity contribution in [1.82, 2.24) is 19.7 Å². The van der Waals surface area contributed by atoms with Crippen LogP contribution in [0, 0.1) is 5.92 Å². The van der Waals surface area contributed by atoms with E-state index in [9.17, 15) is 4.79 Å². The van der Waals surface area contributed by atoms with E-state index >= 15 is 0 Å². The van der Waals surface area contributed by atoms with Gasteiger partial charge in [0, 0.05) is 44.4 Å². The van der Waals surface area contributed by atoms with Crippen LogP contribution in [0.25, 0.3) is 0 Å². The average Bonchev–Trinajstić information content (AvgIpc) is 3.16. The molecule has 2 heterocycles. The number of amides is 1. The third-order valence-corrected chi connectivity index (χ3v) is 5.44. The molecule has 2 atom stereocenters. The predicted molar refractivity (Wildman–Crippen MR) is 94.9 cm³/mol. The summed E-state index contributed by atoms with van der Waals surface area (Å²) in [5.41, 5.74) is 7.21. The summed E-state index contributed by atoms with van der Waals surface area (Å²) < 4.78 is 2.20. The molecule has 0 bridgehead atoms. The van der Waals surface area contributed by atoms with Crippen molar-refractivity contribution in [3.8, 4) is 0 Å². The summed E-state index contributed by atoms with van der Waals surface area (Å²) in [4.78, 5) is 14.8. The fraction of sp³-hybridized carbons (Fsp3) is 0.526. The predicted octanol–water partition coefficient (Wildman–Crippen LogP) is 1.38. The number of fused-ring (bicyclic) bond motifs is 1. The number of carbonyl (C=O) groups excluding carboxylic acids is 1. The lowest BCUT2D eigenvalue weighted by atomic mass is 10.1. The molecule has 0 unspecified atom stereocenters. The Kier molecular flexibility index (Phi) is 4.53. The highest BCUT2D eigenvalue weighted by atomic mass is 16.2. The molecule has 132 valence electrons. The first-order chi connectivity index (χ1) is 12.2. The summed E-state index contributed by atoms with van der Waals surface area (Å²) in [5, 5.41) is 8.76. The Morgan fingerprint density at radius 3 is 2.72 bits per heavy atom. The van der Waals surface area contributed by atoms with Crippen molar-refractivity contribution in [3.63, 3.8) is 0 Å². The number of carbonyl (C=O) groups is 1. The Labute approximate surface area is 148 Å². The van der Waals surface area contributed by atoms with Gasteiger partial charge >= 0.3 is 0 Å². The number of nitrogens with two attached hydrogens (primary N) is 1. The van der Waals surface area contributed by atoms with Crippen LogP contribution in [0.3, 0.4) is 0 Å². The minimum Gasteiger partial charge on any atom is -0.340 e. The second-order valence-corrected chi connectivity index (χ2v) is 7.19. The van der Waals surface area contributed by atoms with Gasteiger partial charge in [-0.25, -0.2) is 0 Å². The fourth-order valence-corrected chi connectivity index (χ4v) is 4.01. The van der Waals surface area contributed by atoms with Gasteiger partial charge in [-0.05, 0) is 24.8 Å². The molecule has 1 aromatic heterocycles. The molecule has 2 N–H and O–H groups in total. The van der Waals surface area contributed by atoms with E-state index in [-0.39, 0.29) is 17.9 Å². The van der Waals surface area contributed by atoms with Crippen molar-refractivity contribution < 1.29 is 4.79 Å². The highest BCUT2D eigenvalue weighted by Crippen LogP contribution is 2.26. The van der Waals surface area contributed by atoms with E-state index in [1.807, 2.05) is 23.1 Å². The fourth-order valence-electron chi connectivity index (χ4n) is 4.01. The van der Waals surface area contributed by atoms with Crippen LogP contribution in [-0.2, 0) is 24.2 Å². The largest absolute Gasteiger partial charge is 0.340 e. The van der Waals surface area contributed by atoms with Gasteiger partial charge in [0.05, 0.1) is 0 Å². The molecule has 1 fully saturated rings. The van der Waals surface area contributed by atoms with Crippen molar-refractivity contribution in [2.24, 2.45) is 11.7 Å². The molecule has 1 saturated carbocycles. The van der Waals surface area contributed by atoms with Crippen LogP contribution in [0.1, 0.15) is 36.5 Å². The molecule has 2 aromatic rings. The molecule has 0 radical (unpaired) electrons. The van der Waals surface area contributed by atoms with Gasteiger partial charge < -0.3 is 15.2 Å². The highest BCUT2D eigenvalue weighted by molar-refractivity contribution is 5.79. The molecule has 6 heteroatoms. The van der Waals surface area contributed by atoms with Crippen molar-refractivity contribution >= 4 is 5.91 Å². The molecule has 4 rings (SSSR count). The van der Waals surface area contributed by atoms with Gasteiger partial charge in [0.15, 0.2) is 0 Å². The van der Waals surface area contributed by atoms with Gasteiger partial charge in [0.2, 0.25) is 5.91 Å². The van der Waals surface area contributed by atoms with Crippen LogP contribution < -0.4 is 5.73 Å². The molecule has 0 saturated heterocycles. The normalized spacial score (nSPS) is 23.3. The third kappa shape index (κ3) is 3.44. The lowest BCUT2D eigenvalue weighted by Gasteiger charge is -2.23. The molecule has 1 aromatic carbocycles. The number of aromatic nitrogens is 3. The Hall–Kier alpha value is -2.21. The van der Waals surface area contributed by atoms with Gasteiger partial charge in [-0.3, -0.25) is 4.79 Å². The Balaban J connectivity index is 1.44. The summed E-state index contributed by atoms with van der Waals surface area (Å²) in [6.07, 6.45) is 4.28. The smallest absolute Gasteiger partial charge is 0.225 e. The van der Waals surface area contributed by atoms with Gasteiger partial charge in [-0.2, -0.15) is 0 Å². The molecule has 2 aliphatic rings. The third-order valence-electron chi connectivity index (χ3n) is 5.44. The van der Waals surface area contributed by atoms with Crippen molar-refractivity contribution in [3.05, 3.63) is 47.5 Å².